The van der Waals surface area contributed by atoms with Crippen LogP contribution in [0.2, 0.25) is 0 Å². The number of alkyl halides is 3. The van der Waals surface area contributed by atoms with Crippen molar-refractivity contribution in [3.8, 4) is 0 Å². The summed E-state index contributed by atoms with van der Waals surface area (Å²) in [6.07, 6.45) is -0.591. The number of amides is 1. The summed E-state index contributed by atoms with van der Waals surface area (Å²) in [5, 5.41) is 16.6. The Kier molecular flexibility index (Phi) is 6.36. The lowest BCUT2D eigenvalue weighted by Gasteiger charge is -2.28. The van der Waals surface area contributed by atoms with Gasteiger partial charge in [-0.3, -0.25) is 14.9 Å². The molecule has 0 spiro atoms. The molecule has 0 aliphatic rings. The van der Waals surface area contributed by atoms with Gasteiger partial charge in [-0.1, -0.05) is 66.0 Å². The Hall–Kier alpha value is -1.45. The summed E-state index contributed by atoms with van der Waals surface area (Å²) in [7, 11) is 0. The van der Waals surface area contributed by atoms with Crippen LogP contribution >= 0.6 is 47.8 Å². The lowest BCUT2D eigenvalue weighted by molar-refractivity contribution is -0.384. The van der Waals surface area contributed by atoms with Gasteiger partial charge >= 0.3 is 0 Å². The highest BCUT2D eigenvalue weighted by atomic mass is 80.0. The third-order valence-corrected chi connectivity index (χ3v) is 4.40. The van der Waals surface area contributed by atoms with E-state index in [1.54, 1.807) is 36.4 Å². The number of halogens is 3. The normalized spacial score (nSPS) is 12.3. The Morgan fingerprint density at radius 1 is 1.04 bits per heavy atom. The van der Waals surface area contributed by atoms with Crippen LogP contribution in [0.15, 0.2) is 54.6 Å². The van der Waals surface area contributed by atoms with Crippen LogP contribution in [0.3, 0.4) is 0 Å². The number of nitro benzene ring substituents is 1. The number of carbonyl (C=O) groups excluding carboxylic acids is 1. The minimum Gasteiger partial charge on any atom is -0.363 e. The molecule has 0 fully saturated rings. The first-order chi connectivity index (χ1) is 11.3. The van der Waals surface area contributed by atoms with Crippen molar-refractivity contribution in [3.63, 3.8) is 0 Å². The summed E-state index contributed by atoms with van der Waals surface area (Å²) in [5.41, 5.74) is 1.12. The molecule has 24 heavy (non-hydrogen) atoms. The largest absolute Gasteiger partial charge is 0.363 e. The molecule has 126 valence electrons. The summed E-state index contributed by atoms with van der Waals surface area (Å²) in [6, 6.07) is 14.7. The van der Waals surface area contributed by atoms with Crippen LogP contribution in [0.1, 0.15) is 10.4 Å². The molecule has 0 radical (unpaired) electrons. The van der Waals surface area contributed by atoms with Gasteiger partial charge in [0.05, 0.1) is 4.92 Å². The van der Waals surface area contributed by atoms with Crippen molar-refractivity contribution in [2.75, 3.05) is 5.32 Å². The molecule has 0 aliphatic heterocycles. The zero-order valence-electron chi connectivity index (χ0n) is 12.1. The average molecular weight is 522 g/mol. The van der Waals surface area contributed by atoms with Crippen molar-refractivity contribution in [2.24, 2.45) is 0 Å². The third kappa shape index (κ3) is 5.29. The number of carbonyl (C=O) groups is 1. The second kappa shape index (κ2) is 8.09. The van der Waals surface area contributed by atoms with Crippen molar-refractivity contribution in [1.82, 2.24) is 5.32 Å². The van der Waals surface area contributed by atoms with E-state index in [1.165, 1.54) is 12.1 Å². The quantitative estimate of drug-likeness (QED) is 0.261. The Morgan fingerprint density at radius 2 is 1.62 bits per heavy atom. The molecule has 9 heteroatoms. The fraction of sp³-hybridized carbons (Fsp3) is 0.133. The number of benzene rings is 2. The van der Waals surface area contributed by atoms with E-state index in [9.17, 15) is 14.9 Å². The van der Waals surface area contributed by atoms with Gasteiger partial charge in [-0.25, -0.2) is 0 Å². The van der Waals surface area contributed by atoms with Gasteiger partial charge in [-0.2, -0.15) is 0 Å². The number of nitro groups is 1. The number of rotatable bonds is 5. The standard InChI is InChI=1S/C15H12Br3N3O3/c16-15(17,18)14(20-13(22)10-4-2-1-3-5-10)19-11-6-8-12(9-7-11)21(23)24/h1-9,14,19H,(H,20,22). The van der Waals surface area contributed by atoms with Gasteiger partial charge in [-0.05, 0) is 24.3 Å². The average Bonchev–Trinajstić information content (AvgIpc) is 2.54. The molecule has 0 aromatic heterocycles. The van der Waals surface area contributed by atoms with Gasteiger partial charge in [0.1, 0.15) is 6.17 Å². The zero-order chi connectivity index (χ0) is 17.7. The van der Waals surface area contributed by atoms with Crippen LogP contribution in [0.25, 0.3) is 0 Å². The third-order valence-electron chi connectivity index (χ3n) is 3.03. The number of anilines is 1. The summed E-state index contributed by atoms with van der Waals surface area (Å²) < 4.78 is -0.820. The van der Waals surface area contributed by atoms with Crippen molar-refractivity contribution >= 4 is 65.1 Å². The Labute approximate surface area is 163 Å². The second-order valence-electron chi connectivity index (χ2n) is 4.76. The van der Waals surface area contributed by atoms with Crippen molar-refractivity contribution < 1.29 is 9.72 Å². The zero-order valence-corrected chi connectivity index (χ0v) is 16.8. The predicted molar refractivity (Wildman–Crippen MR) is 104 cm³/mol. The molecule has 2 N–H and O–H groups in total. The number of hydrogen-bond acceptors (Lipinski definition) is 4. The van der Waals surface area contributed by atoms with Crippen LogP contribution in [0, 0.1) is 10.1 Å². The summed E-state index contributed by atoms with van der Waals surface area (Å²) in [4.78, 5) is 22.6. The predicted octanol–water partition coefficient (Wildman–Crippen LogP) is 4.60. The molecule has 0 aliphatic carbocycles. The first-order valence-electron chi connectivity index (χ1n) is 6.71. The van der Waals surface area contributed by atoms with Gasteiger partial charge in [-0.15, -0.1) is 0 Å². The molecule has 1 unspecified atom stereocenters. The lowest BCUT2D eigenvalue weighted by atomic mass is 10.2. The van der Waals surface area contributed by atoms with E-state index < -0.39 is 13.2 Å². The maximum Gasteiger partial charge on any atom is 0.269 e. The molecule has 0 saturated carbocycles. The van der Waals surface area contributed by atoms with E-state index in [1.807, 2.05) is 6.07 Å². The minimum absolute atomic E-state index is 0.00629. The molecule has 2 rings (SSSR count). The summed E-state index contributed by atoms with van der Waals surface area (Å²) >= 11 is 10.2. The number of hydrogen-bond donors (Lipinski definition) is 2. The highest BCUT2D eigenvalue weighted by Gasteiger charge is 2.32. The first-order valence-corrected chi connectivity index (χ1v) is 9.09. The molecule has 0 saturated heterocycles. The topological polar surface area (TPSA) is 84.3 Å². The smallest absolute Gasteiger partial charge is 0.269 e. The van der Waals surface area contributed by atoms with Gasteiger partial charge < -0.3 is 10.6 Å². The fourth-order valence-corrected chi connectivity index (χ4v) is 2.54. The molecule has 1 amide bonds. The maximum atomic E-state index is 12.3. The second-order valence-corrected chi connectivity index (χ2v) is 11.7. The lowest BCUT2D eigenvalue weighted by Crippen LogP contribution is -2.48. The van der Waals surface area contributed by atoms with E-state index in [2.05, 4.69) is 58.4 Å². The molecular weight excluding hydrogens is 510 g/mol. The Balaban J connectivity index is 2.14. The molecule has 1 atom stereocenters. The Morgan fingerprint density at radius 3 is 2.12 bits per heavy atom. The molecule has 2 aromatic carbocycles. The van der Waals surface area contributed by atoms with Crippen LogP contribution in [0.5, 0.6) is 0 Å². The van der Waals surface area contributed by atoms with E-state index in [0.29, 0.717) is 11.3 Å². The van der Waals surface area contributed by atoms with Crippen molar-refractivity contribution in [1.29, 1.82) is 0 Å². The monoisotopic (exact) mass is 519 g/mol. The van der Waals surface area contributed by atoms with Crippen LogP contribution in [0.4, 0.5) is 11.4 Å². The van der Waals surface area contributed by atoms with Crippen LogP contribution in [-0.4, -0.2) is 19.1 Å². The Bertz CT molecular complexity index is 718. The van der Waals surface area contributed by atoms with Gasteiger partial charge in [0.2, 0.25) is 0 Å². The van der Waals surface area contributed by atoms with Crippen LogP contribution < -0.4 is 10.6 Å². The first kappa shape index (κ1) is 18.9. The number of nitrogens with one attached hydrogen (secondary N) is 2. The fourth-order valence-electron chi connectivity index (χ4n) is 1.85. The summed E-state index contributed by atoms with van der Waals surface area (Å²) in [6.45, 7) is 0. The van der Waals surface area contributed by atoms with Crippen molar-refractivity contribution in [2.45, 2.75) is 8.31 Å². The van der Waals surface area contributed by atoms with E-state index in [0.717, 1.165) is 0 Å². The van der Waals surface area contributed by atoms with E-state index in [-0.39, 0.29) is 11.6 Å². The highest BCUT2D eigenvalue weighted by molar-refractivity contribution is 9.39. The number of nitrogens with zero attached hydrogens (tertiary/aromatic N) is 1. The molecule has 2 aromatic rings. The molecule has 0 bridgehead atoms. The van der Waals surface area contributed by atoms with Gasteiger partial charge in [0.15, 0.2) is 2.14 Å². The SMILES string of the molecule is O=C(NC(Nc1ccc([N+](=O)[O-])cc1)C(Br)(Br)Br)c1ccccc1. The molecule has 0 heterocycles. The van der Waals surface area contributed by atoms with Crippen LogP contribution in [-0.2, 0) is 0 Å². The summed E-state index contributed by atoms with van der Waals surface area (Å²) in [5.74, 6) is -0.266. The van der Waals surface area contributed by atoms with Crippen molar-refractivity contribution in [3.05, 3.63) is 70.3 Å². The minimum atomic E-state index is -0.820. The molecule has 6 nitrogen and oxygen atoms in total. The van der Waals surface area contributed by atoms with E-state index >= 15 is 0 Å². The van der Waals surface area contributed by atoms with Gasteiger partial charge in [0.25, 0.3) is 11.6 Å². The highest BCUT2D eigenvalue weighted by Crippen LogP contribution is 2.37. The number of non-ortho nitro benzene ring substituents is 1. The van der Waals surface area contributed by atoms with E-state index in [4.69, 9.17) is 0 Å². The van der Waals surface area contributed by atoms with Gasteiger partial charge in [0, 0.05) is 23.4 Å². The molecular formula is C15H12Br3N3O3. The maximum absolute atomic E-state index is 12.3.